The molecule has 1 saturated carbocycles. The van der Waals surface area contributed by atoms with E-state index in [9.17, 15) is 4.79 Å². The second kappa shape index (κ2) is 7.79. The number of carbonyl (C=O) groups excluding carboxylic acids is 1. The van der Waals surface area contributed by atoms with E-state index in [2.05, 4.69) is 41.5 Å². The molecule has 1 aliphatic rings. The van der Waals surface area contributed by atoms with Gasteiger partial charge in [0.25, 0.3) is 0 Å². The van der Waals surface area contributed by atoms with Gasteiger partial charge in [-0.2, -0.15) is 0 Å². The predicted molar refractivity (Wildman–Crippen MR) is 99.7 cm³/mol. The van der Waals surface area contributed by atoms with Gasteiger partial charge in [0.15, 0.2) is 5.13 Å². The van der Waals surface area contributed by atoms with E-state index in [4.69, 9.17) is 0 Å². The number of amides is 2. The number of urea groups is 1. The number of hydrogen-bond acceptors (Lipinski definition) is 3. The summed E-state index contributed by atoms with van der Waals surface area (Å²) in [4.78, 5) is 19.6. The number of aryl methyl sites for hydroxylation is 1. The Kier molecular flexibility index (Phi) is 5.51. The van der Waals surface area contributed by atoms with Crippen LogP contribution in [0.5, 0.6) is 0 Å². The standard InChI is InChI=1S/C19H25N3OS/c1-14-6-5-9-16(10-14)11-17-12-20-18(24-17)21-19(23)22(2)13-15-7-3-4-8-15/h5-6,9-10,12,15H,3-4,7-8,11,13H2,1-2H3,(H,20,21,23). The zero-order chi connectivity index (χ0) is 16.9. The molecular weight excluding hydrogens is 318 g/mol. The normalized spacial score (nSPS) is 14.8. The van der Waals surface area contributed by atoms with E-state index >= 15 is 0 Å². The zero-order valence-electron chi connectivity index (χ0n) is 14.4. The Morgan fingerprint density at radius 1 is 1.38 bits per heavy atom. The second-order valence-corrected chi connectivity index (χ2v) is 7.87. The summed E-state index contributed by atoms with van der Waals surface area (Å²) in [5, 5.41) is 3.61. The quantitative estimate of drug-likeness (QED) is 0.855. The van der Waals surface area contributed by atoms with Gasteiger partial charge in [-0.3, -0.25) is 5.32 Å². The van der Waals surface area contributed by atoms with Gasteiger partial charge < -0.3 is 4.90 Å². The number of hydrogen-bond donors (Lipinski definition) is 1. The van der Waals surface area contributed by atoms with Crippen LogP contribution in [0.1, 0.15) is 41.7 Å². The van der Waals surface area contributed by atoms with Crippen molar-refractivity contribution < 1.29 is 4.79 Å². The van der Waals surface area contributed by atoms with Crippen LogP contribution in [-0.4, -0.2) is 29.5 Å². The van der Waals surface area contributed by atoms with Crippen molar-refractivity contribution in [1.29, 1.82) is 0 Å². The van der Waals surface area contributed by atoms with Crippen LogP contribution < -0.4 is 5.32 Å². The van der Waals surface area contributed by atoms with Crippen molar-refractivity contribution in [3.05, 3.63) is 46.5 Å². The number of nitrogens with zero attached hydrogens (tertiary/aromatic N) is 2. The maximum absolute atomic E-state index is 12.3. The molecule has 1 aliphatic carbocycles. The average molecular weight is 343 g/mol. The van der Waals surface area contributed by atoms with Crippen molar-refractivity contribution in [2.75, 3.05) is 18.9 Å². The number of thiazole rings is 1. The molecule has 0 atom stereocenters. The summed E-state index contributed by atoms with van der Waals surface area (Å²) in [6.07, 6.45) is 7.81. The fourth-order valence-electron chi connectivity index (χ4n) is 3.32. The lowest BCUT2D eigenvalue weighted by molar-refractivity contribution is 0.214. The van der Waals surface area contributed by atoms with Crippen molar-refractivity contribution >= 4 is 22.5 Å². The molecule has 5 heteroatoms. The minimum atomic E-state index is -0.0571. The Morgan fingerprint density at radius 3 is 2.92 bits per heavy atom. The summed E-state index contributed by atoms with van der Waals surface area (Å²) in [6, 6.07) is 8.43. The molecule has 1 N–H and O–H groups in total. The summed E-state index contributed by atoms with van der Waals surface area (Å²) in [5.74, 6) is 0.661. The van der Waals surface area contributed by atoms with Gasteiger partial charge in [-0.05, 0) is 31.2 Å². The number of rotatable bonds is 5. The van der Waals surface area contributed by atoms with Gasteiger partial charge in [0.1, 0.15) is 0 Å². The molecule has 2 amide bonds. The molecule has 3 rings (SSSR count). The van der Waals surface area contributed by atoms with E-state index < -0.39 is 0 Å². The molecule has 0 aliphatic heterocycles. The number of nitrogens with one attached hydrogen (secondary N) is 1. The summed E-state index contributed by atoms with van der Waals surface area (Å²) in [5.41, 5.74) is 2.54. The van der Waals surface area contributed by atoms with E-state index in [1.807, 2.05) is 13.2 Å². The Labute approximate surface area is 147 Å². The van der Waals surface area contributed by atoms with Crippen LogP contribution in [-0.2, 0) is 6.42 Å². The Bertz CT molecular complexity index is 691. The van der Waals surface area contributed by atoms with E-state index in [0.29, 0.717) is 11.0 Å². The minimum absolute atomic E-state index is 0.0571. The molecule has 0 saturated heterocycles. The topological polar surface area (TPSA) is 45.2 Å². The van der Waals surface area contributed by atoms with Crippen molar-refractivity contribution in [1.82, 2.24) is 9.88 Å². The van der Waals surface area contributed by atoms with E-state index in [1.165, 1.54) is 36.8 Å². The van der Waals surface area contributed by atoms with Crippen molar-refractivity contribution in [2.45, 2.75) is 39.0 Å². The fraction of sp³-hybridized carbons (Fsp3) is 0.474. The van der Waals surface area contributed by atoms with Gasteiger partial charge in [0.05, 0.1) is 0 Å². The van der Waals surface area contributed by atoms with Gasteiger partial charge in [-0.15, -0.1) is 11.3 Å². The summed E-state index contributed by atoms with van der Waals surface area (Å²) in [6.45, 7) is 2.94. The molecule has 1 aromatic carbocycles. The number of aromatic nitrogens is 1. The molecular formula is C19H25N3OS. The first-order chi connectivity index (χ1) is 11.6. The van der Waals surface area contributed by atoms with Gasteiger partial charge in [-0.25, -0.2) is 9.78 Å². The highest BCUT2D eigenvalue weighted by Gasteiger charge is 2.20. The average Bonchev–Trinajstić information content (AvgIpc) is 3.19. The molecule has 1 aromatic heterocycles. The molecule has 0 bridgehead atoms. The van der Waals surface area contributed by atoms with Gasteiger partial charge in [0, 0.05) is 31.1 Å². The summed E-state index contributed by atoms with van der Waals surface area (Å²) < 4.78 is 0. The Morgan fingerprint density at radius 2 is 2.17 bits per heavy atom. The minimum Gasteiger partial charge on any atom is -0.327 e. The third-order valence-electron chi connectivity index (χ3n) is 4.58. The van der Waals surface area contributed by atoms with Crippen LogP contribution in [0.15, 0.2) is 30.5 Å². The molecule has 24 heavy (non-hydrogen) atoms. The van der Waals surface area contributed by atoms with Crippen LogP contribution in [0.4, 0.5) is 9.93 Å². The fourth-order valence-corrected chi connectivity index (χ4v) is 4.16. The van der Waals surface area contributed by atoms with Gasteiger partial charge in [-0.1, -0.05) is 42.7 Å². The molecule has 1 heterocycles. The molecule has 1 fully saturated rings. The van der Waals surface area contributed by atoms with Crippen molar-refractivity contribution in [3.63, 3.8) is 0 Å². The van der Waals surface area contributed by atoms with Gasteiger partial charge >= 0.3 is 6.03 Å². The van der Waals surface area contributed by atoms with E-state index in [0.717, 1.165) is 17.8 Å². The highest BCUT2D eigenvalue weighted by atomic mass is 32.1. The van der Waals surface area contributed by atoms with Crippen LogP contribution in [0.2, 0.25) is 0 Å². The molecule has 128 valence electrons. The van der Waals surface area contributed by atoms with Crippen LogP contribution >= 0.6 is 11.3 Å². The van der Waals surface area contributed by atoms with Crippen molar-refractivity contribution in [3.8, 4) is 0 Å². The molecule has 0 radical (unpaired) electrons. The van der Waals surface area contributed by atoms with Crippen LogP contribution in [0.3, 0.4) is 0 Å². The third-order valence-corrected chi connectivity index (χ3v) is 5.49. The van der Waals surface area contributed by atoms with Crippen LogP contribution in [0, 0.1) is 12.8 Å². The zero-order valence-corrected chi connectivity index (χ0v) is 15.2. The first-order valence-corrected chi connectivity index (χ1v) is 9.44. The highest BCUT2D eigenvalue weighted by molar-refractivity contribution is 7.15. The lowest BCUT2D eigenvalue weighted by Gasteiger charge is -2.20. The maximum atomic E-state index is 12.3. The second-order valence-electron chi connectivity index (χ2n) is 6.76. The largest absolute Gasteiger partial charge is 0.327 e. The monoisotopic (exact) mass is 343 g/mol. The van der Waals surface area contributed by atoms with E-state index in [1.54, 1.807) is 16.2 Å². The Hall–Kier alpha value is -1.88. The number of anilines is 1. The number of carbonyl (C=O) groups is 1. The summed E-state index contributed by atoms with van der Waals surface area (Å²) in [7, 11) is 1.87. The van der Waals surface area contributed by atoms with E-state index in [-0.39, 0.29) is 6.03 Å². The number of benzene rings is 1. The van der Waals surface area contributed by atoms with Crippen LogP contribution in [0.25, 0.3) is 0 Å². The smallest absolute Gasteiger partial charge is 0.323 e. The maximum Gasteiger partial charge on any atom is 0.323 e. The van der Waals surface area contributed by atoms with Gasteiger partial charge in [0.2, 0.25) is 0 Å². The lowest BCUT2D eigenvalue weighted by Crippen LogP contribution is -2.34. The predicted octanol–water partition coefficient (Wildman–Crippen LogP) is 4.70. The first-order valence-electron chi connectivity index (χ1n) is 8.62. The van der Waals surface area contributed by atoms with Crippen molar-refractivity contribution in [2.24, 2.45) is 5.92 Å². The highest BCUT2D eigenvalue weighted by Crippen LogP contribution is 2.26. The molecule has 0 spiro atoms. The molecule has 2 aromatic rings. The third kappa shape index (κ3) is 4.57. The summed E-state index contributed by atoms with van der Waals surface area (Å²) >= 11 is 1.55. The lowest BCUT2D eigenvalue weighted by atomic mass is 10.1. The Balaban J connectivity index is 1.54. The molecule has 0 unspecified atom stereocenters. The molecule has 4 nitrogen and oxygen atoms in total. The SMILES string of the molecule is Cc1cccc(Cc2cnc(NC(=O)N(C)CC3CCCC3)s2)c1. The first kappa shape index (κ1) is 17.0.